The quantitative estimate of drug-likeness (QED) is 0.633. The van der Waals surface area contributed by atoms with Crippen LogP contribution in [0, 0.1) is 5.92 Å². The van der Waals surface area contributed by atoms with Crippen LogP contribution in [0.5, 0.6) is 17.2 Å². The van der Waals surface area contributed by atoms with E-state index < -0.39 is 0 Å². The van der Waals surface area contributed by atoms with Gasteiger partial charge in [0, 0.05) is 12.7 Å². The maximum absolute atomic E-state index is 13.1. The molecule has 0 aliphatic rings. The van der Waals surface area contributed by atoms with Crippen molar-refractivity contribution < 1.29 is 14.2 Å². The average Bonchev–Trinajstić information content (AvgIpc) is 3.08. The van der Waals surface area contributed by atoms with E-state index in [4.69, 9.17) is 14.2 Å². The molecule has 2 aromatic heterocycles. The molecule has 0 spiro atoms. The maximum atomic E-state index is 13.1. The van der Waals surface area contributed by atoms with Crippen molar-refractivity contribution in [3.63, 3.8) is 0 Å². The van der Waals surface area contributed by atoms with Crippen LogP contribution in [0.15, 0.2) is 29.7 Å². The molecule has 8 heteroatoms. The first-order chi connectivity index (χ1) is 13.0. The van der Waals surface area contributed by atoms with Gasteiger partial charge in [0.05, 0.1) is 51.6 Å². The summed E-state index contributed by atoms with van der Waals surface area (Å²) in [5.41, 5.74) is 1.20. The number of hydrogen-bond acceptors (Lipinski definition) is 6. The van der Waals surface area contributed by atoms with Gasteiger partial charge in [-0.2, -0.15) is 0 Å². The molecule has 8 nitrogen and oxygen atoms in total. The van der Waals surface area contributed by atoms with E-state index >= 15 is 0 Å². The van der Waals surface area contributed by atoms with Gasteiger partial charge in [-0.15, -0.1) is 0 Å². The number of fused-ring (bicyclic) bond motifs is 1. The van der Waals surface area contributed by atoms with Crippen LogP contribution < -0.4 is 19.8 Å². The molecule has 144 valence electrons. The minimum Gasteiger partial charge on any atom is -0.493 e. The highest BCUT2D eigenvalue weighted by molar-refractivity contribution is 5.89. The van der Waals surface area contributed by atoms with Gasteiger partial charge in [-0.05, 0) is 12.0 Å². The fourth-order valence-electron chi connectivity index (χ4n) is 3.09. The van der Waals surface area contributed by atoms with E-state index in [2.05, 4.69) is 28.4 Å². The van der Waals surface area contributed by atoms with E-state index in [1.54, 1.807) is 23.2 Å². The van der Waals surface area contributed by atoms with Crippen molar-refractivity contribution in [3.8, 4) is 17.2 Å². The smallest absolute Gasteiger partial charge is 0.261 e. The second-order valence-corrected chi connectivity index (χ2v) is 6.65. The molecule has 0 aliphatic heterocycles. The largest absolute Gasteiger partial charge is 0.493 e. The zero-order valence-electron chi connectivity index (χ0n) is 16.2. The molecule has 0 atom stereocenters. The highest BCUT2D eigenvalue weighted by Crippen LogP contribution is 2.41. The number of ether oxygens (including phenoxy) is 3. The molecular formula is C19H24N4O4. The molecule has 0 saturated heterocycles. The molecule has 0 saturated carbocycles. The maximum Gasteiger partial charge on any atom is 0.261 e. The molecule has 27 heavy (non-hydrogen) atoms. The number of aromatic nitrogens is 4. The van der Waals surface area contributed by atoms with E-state index in [9.17, 15) is 4.79 Å². The topological polar surface area (TPSA) is 80.4 Å². The van der Waals surface area contributed by atoms with Gasteiger partial charge in [0.25, 0.3) is 5.56 Å². The third-order valence-corrected chi connectivity index (χ3v) is 4.31. The fraction of sp³-hybridized carbons (Fsp3) is 0.421. The lowest BCUT2D eigenvalue weighted by Gasteiger charge is -2.15. The molecule has 0 amide bonds. The summed E-state index contributed by atoms with van der Waals surface area (Å²) < 4.78 is 19.8. The van der Waals surface area contributed by atoms with Crippen molar-refractivity contribution >= 4 is 10.9 Å². The van der Waals surface area contributed by atoms with Gasteiger partial charge in [0.2, 0.25) is 5.75 Å². The van der Waals surface area contributed by atoms with Gasteiger partial charge < -0.3 is 18.8 Å². The van der Waals surface area contributed by atoms with Crippen molar-refractivity contribution in [3.05, 3.63) is 41.0 Å². The van der Waals surface area contributed by atoms with E-state index in [1.165, 1.54) is 27.7 Å². The average molecular weight is 372 g/mol. The van der Waals surface area contributed by atoms with Gasteiger partial charge in [-0.25, -0.2) is 9.97 Å². The van der Waals surface area contributed by atoms with Gasteiger partial charge in [-0.3, -0.25) is 9.36 Å². The molecule has 0 N–H and O–H groups in total. The molecule has 2 heterocycles. The molecule has 1 aromatic carbocycles. The number of rotatable bonds is 7. The highest BCUT2D eigenvalue weighted by Gasteiger charge is 2.20. The highest BCUT2D eigenvalue weighted by atomic mass is 16.5. The number of nitrogens with zero attached hydrogens (tertiary/aromatic N) is 4. The minimum absolute atomic E-state index is 0.184. The molecule has 0 unspecified atom stereocenters. The molecule has 3 aromatic rings. The lowest BCUT2D eigenvalue weighted by atomic mass is 10.2. The number of methoxy groups -OCH3 is 3. The summed E-state index contributed by atoms with van der Waals surface area (Å²) in [6, 6.07) is 1.63. The monoisotopic (exact) mass is 372 g/mol. The predicted octanol–water partition coefficient (Wildman–Crippen LogP) is 2.32. The molecule has 3 rings (SSSR count). The summed E-state index contributed by atoms with van der Waals surface area (Å²) in [6.45, 7) is 5.49. The molecule has 0 aliphatic carbocycles. The number of hydrogen-bond donors (Lipinski definition) is 0. The zero-order chi connectivity index (χ0) is 19.6. The summed E-state index contributed by atoms with van der Waals surface area (Å²) in [7, 11) is 4.54. The SMILES string of the molecule is COc1cc2c(=O)n(Cc3cncn3CC(C)C)cnc2c(OC)c1OC. The zero-order valence-corrected chi connectivity index (χ0v) is 16.2. The van der Waals surface area contributed by atoms with Gasteiger partial charge in [-0.1, -0.05) is 13.8 Å². The Hall–Kier alpha value is -3.03. The molecular weight excluding hydrogens is 348 g/mol. The fourth-order valence-corrected chi connectivity index (χ4v) is 3.09. The first-order valence-corrected chi connectivity index (χ1v) is 8.67. The van der Waals surface area contributed by atoms with Crippen LogP contribution >= 0.6 is 0 Å². The van der Waals surface area contributed by atoms with Gasteiger partial charge in [0.15, 0.2) is 11.5 Å². The van der Waals surface area contributed by atoms with E-state index in [-0.39, 0.29) is 5.56 Å². The van der Waals surface area contributed by atoms with Crippen molar-refractivity contribution in [2.45, 2.75) is 26.9 Å². The van der Waals surface area contributed by atoms with Crippen LogP contribution in [0.25, 0.3) is 10.9 Å². The Balaban J connectivity index is 2.11. The Labute approximate surface area is 157 Å². The Morgan fingerprint density at radius 1 is 1.04 bits per heavy atom. The third-order valence-electron chi connectivity index (χ3n) is 4.31. The van der Waals surface area contributed by atoms with Crippen LogP contribution in [0.4, 0.5) is 0 Å². The van der Waals surface area contributed by atoms with Crippen LogP contribution in [0.3, 0.4) is 0 Å². The van der Waals surface area contributed by atoms with Crippen molar-refractivity contribution in [1.29, 1.82) is 0 Å². The summed E-state index contributed by atoms with van der Waals surface area (Å²) in [5, 5.41) is 0.405. The summed E-state index contributed by atoms with van der Waals surface area (Å²) >= 11 is 0. The first-order valence-electron chi connectivity index (χ1n) is 8.67. The van der Waals surface area contributed by atoms with Crippen LogP contribution in [0.1, 0.15) is 19.5 Å². The minimum atomic E-state index is -0.184. The number of imidazole rings is 1. The number of benzene rings is 1. The van der Waals surface area contributed by atoms with Crippen molar-refractivity contribution in [1.82, 2.24) is 19.1 Å². The summed E-state index contributed by atoms with van der Waals surface area (Å²) in [4.78, 5) is 21.7. The van der Waals surface area contributed by atoms with Crippen LogP contribution in [-0.4, -0.2) is 40.4 Å². The van der Waals surface area contributed by atoms with Crippen molar-refractivity contribution in [2.24, 2.45) is 5.92 Å². The van der Waals surface area contributed by atoms with E-state index in [0.29, 0.717) is 40.6 Å². The first kappa shape index (κ1) is 18.8. The van der Waals surface area contributed by atoms with Crippen LogP contribution in [-0.2, 0) is 13.1 Å². The third kappa shape index (κ3) is 3.47. The molecule has 0 bridgehead atoms. The summed E-state index contributed by atoms with van der Waals surface area (Å²) in [5.74, 6) is 1.68. The van der Waals surface area contributed by atoms with Crippen LogP contribution in [0.2, 0.25) is 0 Å². The Morgan fingerprint density at radius 2 is 1.78 bits per heavy atom. The van der Waals surface area contributed by atoms with E-state index in [0.717, 1.165) is 12.2 Å². The van der Waals surface area contributed by atoms with Gasteiger partial charge in [0.1, 0.15) is 5.52 Å². The Bertz CT molecular complexity index is 1010. The lowest BCUT2D eigenvalue weighted by Crippen LogP contribution is -2.23. The second-order valence-electron chi connectivity index (χ2n) is 6.65. The standard InChI is InChI=1S/C19H24N4O4/c1-12(2)8-22-10-20-7-13(22)9-23-11-21-16-14(19(23)24)6-15(25-3)17(26-4)18(16)27-5/h6-7,10-12H,8-9H2,1-5H3. The lowest BCUT2D eigenvalue weighted by molar-refractivity contribution is 0.326. The molecule has 0 fully saturated rings. The van der Waals surface area contributed by atoms with Gasteiger partial charge >= 0.3 is 0 Å². The predicted molar refractivity (Wildman–Crippen MR) is 102 cm³/mol. The molecule has 0 radical (unpaired) electrons. The Kier molecular flexibility index (Phi) is 5.34. The Morgan fingerprint density at radius 3 is 2.41 bits per heavy atom. The summed E-state index contributed by atoms with van der Waals surface area (Å²) in [6.07, 6.45) is 5.08. The van der Waals surface area contributed by atoms with E-state index in [1.807, 2.05) is 0 Å². The van der Waals surface area contributed by atoms with Crippen molar-refractivity contribution in [2.75, 3.05) is 21.3 Å². The second kappa shape index (κ2) is 7.69. The normalized spacial score (nSPS) is 11.2.